The van der Waals surface area contributed by atoms with Crippen molar-refractivity contribution in [1.82, 2.24) is 28.7 Å². The molecule has 0 radical (unpaired) electrons. The van der Waals surface area contributed by atoms with Gasteiger partial charge in [-0.3, -0.25) is 4.57 Å². The van der Waals surface area contributed by atoms with Crippen LogP contribution in [0.2, 0.25) is 0 Å². The molecule has 4 heterocycles. The first-order chi connectivity index (χ1) is 26.9. The fourth-order valence-electron chi connectivity index (χ4n) is 8.46. The van der Waals surface area contributed by atoms with Crippen molar-refractivity contribution in [2.24, 2.45) is 0 Å². The summed E-state index contributed by atoms with van der Waals surface area (Å²) in [5, 5.41) is 7.20. The minimum Gasteiger partial charge on any atom is -0.309 e. The maximum absolute atomic E-state index is 5.35. The molecule has 0 saturated heterocycles. The van der Waals surface area contributed by atoms with Crippen LogP contribution in [-0.4, -0.2) is 28.7 Å². The molecule has 55 heavy (non-hydrogen) atoms. The second kappa shape index (κ2) is 11.7. The zero-order chi connectivity index (χ0) is 36.8. The Balaban J connectivity index is 1.22. The summed E-state index contributed by atoms with van der Waals surface area (Å²) in [6, 6.07) is 58.4. The standard InChI is InChI=1S/C49H36N6/c1-49(2,3)47-50-46(51-48(52-47)55-41-26-14-7-19-32(41)33-20-8-15-27-42(33)55)36-23-11-16-28-43(36)54-40-25-13-10-22-35(40)38-29-37-34-21-9-12-24-39(34)53(44(37)30-45(38)54)31-17-5-4-6-18-31/h4-30H,1-3H3. The van der Waals surface area contributed by atoms with E-state index in [0.717, 1.165) is 50.3 Å². The Labute approximate surface area is 317 Å². The SMILES string of the molecule is CC(C)(C)c1nc(-c2ccccc2-n2c3ccccc3c3cc4c5ccccc5n(-c5ccccc5)c4cc32)nc(-n2c3ccccc3c3ccccc32)n1. The number of para-hydroxylation sites is 6. The molecule has 0 aliphatic heterocycles. The Morgan fingerprint density at radius 3 is 1.45 bits per heavy atom. The number of nitrogens with zero attached hydrogens (tertiary/aromatic N) is 6. The van der Waals surface area contributed by atoms with Gasteiger partial charge in [-0.2, -0.15) is 9.97 Å². The molecule has 262 valence electrons. The summed E-state index contributed by atoms with van der Waals surface area (Å²) in [7, 11) is 0. The third kappa shape index (κ3) is 4.71. The lowest BCUT2D eigenvalue weighted by Gasteiger charge is -2.20. The molecule has 6 nitrogen and oxygen atoms in total. The molecule has 0 fully saturated rings. The van der Waals surface area contributed by atoms with E-state index in [4.69, 9.17) is 15.0 Å². The van der Waals surface area contributed by atoms with E-state index in [0.29, 0.717) is 11.8 Å². The van der Waals surface area contributed by atoms with E-state index >= 15 is 0 Å². The zero-order valence-corrected chi connectivity index (χ0v) is 30.8. The van der Waals surface area contributed by atoms with Gasteiger partial charge in [-0.1, -0.05) is 124 Å². The average molecular weight is 709 g/mol. The van der Waals surface area contributed by atoms with Gasteiger partial charge in [0.1, 0.15) is 5.82 Å². The van der Waals surface area contributed by atoms with Gasteiger partial charge in [-0.25, -0.2) is 4.98 Å². The molecule has 11 rings (SSSR count). The predicted octanol–water partition coefficient (Wildman–Crippen LogP) is 12.1. The Hall–Kier alpha value is -7.05. The molecular formula is C49H36N6. The van der Waals surface area contributed by atoms with Crippen LogP contribution in [0.5, 0.6) is 0 Å². The van der Waals surface area contributed by atoms with Gasteiger partial charge in [0.05, 0.1) is 38.8 Å². The van der Waals surface area contributed by atoms with Crippen LogP contribution in [0.25, 0.3) is 94.1 Å². The van der Waals surface area contributed by atoms with Crippen molar-refractivity contribution in [1.29, 1.82) is 0 Å². The van der Waals surface area contributed by atoms with Gasteiger partial charge >= 0.3 is 0 Å². The number of benzene rings is 7. The van der Waals surface area contributed by atoms with Crippen molar-refractivity contribution in [2.75, 3.05) is 0 Å². The smallest absolute Gasteiger partial charge is 0.238 e. The molecule has 0 N–H and O–H groups in total. The molecule has 0 aliphatic rings. The normalized spacial score (nSPS) is 12.3. The number of aromatic nitrogens is 6. The summed E-state index contributed by atoms with van der Waals surface area (Å²) in [6.07, 6.45) is 0. The van der Waals surface area contributed by atoms with Gasteiger partial charge in [0.2, 0.25) is 5.95 Å². The number of rotatable bonds is 4. The highest BCUT2D eigenvalue weighted by Crippen LogP contribution is 2.41. The first-order valence-corrected chi connectivity index (χ1v) is 18.8. The first-order valence-electron chi connectivity index (χ1n) is 18.8. The van der Waals surface area contributed by atoms with Crippen LogP contribution < -0.4 is 0 Å². The van der Waals surface area contributed by atoms with Crippen LogP contribution in [0.1, 0.15) is 26.6 Å². The van der Waals surface area contributed by atoms with Crippen molar-refractivity contribution >= 4 is 65.4 Å². The number of hydrogen-bond donors (Lipinski definition) is 0. The topological polar surface area (TPSA) is 53.5 Å². The Morgan fingerprint density at radius 2 is 0.855 bits per heavy atom. The molecule has 0 spiro atoms. The molecule has 0 amide bonds. The predicted molar refractivity (Wildman–Crippen MR) is 227 cm³/mol. The van der Waals surface area contributed by atoms with Crippen molar-refractivity contribution in [3.05, 3.63) is 170 Å². The van der Waals surface area contributed by atoms with E-state index in [2.05, 4.69) is 198 Å². The van der Waals surface area contributed by atoms with E-state index < -0.39 is 0 Å². The molecule has 0 unspecified atom stereocenters. The van der Waals surface area contributed by atoms with Crippen molar-refractivity contribution < 1.29 is 0 Å². The molecule has 0 atom stereocenters. The summed E-state index contributed by atoms with van der Waals surface area (Å²) < 4.78 is 6.97. The zero-order valence-electron chi connectivity index (χ0n) is 30.8. The third-order valence-corrected chi connectivity index (χ3v) is 10.9. The highest BCUT2D eigenvalue weighted by atomic mass is 15.2. The molecule has 0 saturated carbocycles. The largest absolute Gasteiger partial charge is 0.309 e. The van der Waals surface area contributed by atoms with Crippen LogP contribution in [0, 0.1) is 0 Å². The van der Waals surface area contributed by atoms with E-state index in [1.807, 2.05) is 0 Å². The fraction of sp³-hybridized carbons (Fsp3) is 0.0816. The maximum atomic E-state index is 5.35. The molecule has 0 aliphatic carbocycles. The molecular weight excluding hydrogens is 673 g/mol. The van der Waals surface area contributed by atoms with Crippen molar-refractivity contribution in [2.45, 2.75) is 26.2 Å². The quantitative estimate of drug-likeness (QED) is 0.183. The monoisotopic (exact) mass is 708 g/mol. The van der Waals surface area contributed by atoms with E-state index in [1.165, 1.54) is 37.8 Å². The van der Waals surface area contributed by atoms with Crippen molar-refractivity contribution in [3.8, 4) is 28.7 Å². The summed E-state index contributed by atoms with van der Waals surface area (Å²) in [6.45, 7) is 6.49. The van der Waals surface area contributed by atoms with E-state index in [1.54, 1.807) is 0 Å². The van der Waals surface area contributed by atoms with Gasteiger partial charge in [0.15, 0.2) is 5.82 Å². The summed E-state index contributed by atoms with van der Waals surface area (Å²) in [4.78, 5) is 15.8. The molecule has 7 aromatic carbocycles. The number of fused-ring (bicyclic) bond motifs is 9. The Bertz CT molecular complexity index is 3250. The lowest BCUT2D eigenvalue weighted by Crippen LogP contribution is -2.19. The first kappa shape index (κ1) is 31.5. The fourth-order valence-corrected chi connectivity index (χ4v) is 8.46. The van der Waals surface area contributed by atoms with Crippen LogP contribution in [0.4, 0.5) is 0 Å². The van der Waals surface area contributed by atoms with Crippen LogP contribution in [0.3, 0.4) is 0 Å². The van der Waals surface area contributed by atoms with Crippen LogP contribution in [-0.2, 0) is 5.41 Å². The minimum absolute atomic E-state index is 0.330. The highest BCUT2D eigenvalue weighted by Gasteiger charge is 2.25. The molecule has 11 aromatic rings. The summed E-state index contributed by atoms with van der Waals surface area (Å²) in [5.41, 5.74) is 9.46. The Morgan fingerprint density at radius 1 is 0.382 bits per heavy atom. The summed E-state index contributed by atoms with van der Waals surface area (Å²) in [5.74, 6) is 1.98. The number of hydrogen-bond acceptors (Lipinski definition) is 3. The molecule has 4 aromatic heterocycles. The molecule has 0 bridgehead atoms. The minimum atomic E-state index is -0.330. The average Bonchev–Trinajstić information content (AvgIpc) is 3.85. The molecule has 6 heteroatoms. The van der Waals surface area contributed by atoms with Gasteiger partial charge in [0, 0.05) is 49.0 Å². The highest BCUT2D eigenvalue weighted by molar-refractivity contribution is 6.19. The van der Waals surface area contributed by atoms with Gasteiger partial charge in [-0.05, 0) is 60.7 Å². The van der Waals surface area contributed by atoms with Gasteiger partial charge in [-0.15, -0.1) is 0 Å². The van der Waals surface area contributed by atoms with Crippen LogP contribution >= 0.6 is 0 Å². The lowest BCUT2D eigenvalue weighted by molar-refractivity contribution is 0.540. The van der Waals surface area contributed by atoms with E-state index in [-0.39, 0.29) is 5.41 Å². The van der Waals surface area contributed by atoms with Gasteiger partial charge in [0.25, 0.3) is 0 Å². The second-order valence-corrected chi connectivity index (χ2v) is 15.3. The lowest BCUT2D eigenvalue weighted by atomic mass is 9.95. The summed E-state index contributed by atoms with van der Waals surface area (Å²) >= 11 is 0. The maximum Gasteiger partial charge on any atom is 0.238 e. The van der Waals surface area contributed by atoms with Crippen LogP contribution in [0.15, 0.2) is 164 Å². The Kier molecular flexibility index (Phi) is 6.71. The van der Waals surface area contributed by atoms with Crippen molar-refractivity contribution in [3.63, 3.8) is 0 Å². The van der Waals surface area contributed by atoms with E-state index in [9.17, 15) is 0 Å². The van der Waals surface area contributed by atoms with Gasteiger partial charge < -0.3 is 9.13 Å². The third-order valence-electron chi connectivity index (χ3n) is 10.9. The second-order valence-electron chi connectivity index (χ2n) is 15.3.